The molecule has 178 valence electrons. The van der Waals surface area contributed by atoms with Crippen LogP contribution in [-0.4, -0.2) is 42.6 Å². The average Bonchev–Trinajstić information content (AvgIpc) is 3.30. The van der Waals surface area contributed by atoms with Crippen molar-refractivity contribution in [1.82, 2.24) is 4.90 Å². The molecule has 2 fully saturated rings. The predicted octanol–water partition coefficient (Wildman–Crippen LogP) is 7.02. The molecule has 0 saturated carbocycles. The van der Waals surface area contributed by atoms with Gasteiger partial charge < -0.3 is 4.48 Å². The molecule has 2 nitrogen and oxygen atoms in total. The van der Waals surface area contributed by atoms with Gasteiger partial charge in [-0.05, 0) is 54.9 Å². The van der Waals surface area contributed by atoms with Crippen LogP contribution in [0.25, 0.3) is 0 Å². The third-order valence-electron chi connectivity index (χ3n) is 8.99. The number of rotatable bonds is 9. The van der Waals surface area contributed by atoms with Crippen molar-refractivity contribution in [2.24, 2.45) is 5.92 Å². The second-order valence-corrected chi connectivity index (χ2v) is 11.7. The topological polar surface area (TPSA) is 3.24 Å². The van der Waals surface area contributed by atoms with Crippen LogP contribution in [0.3, 0.4) is 0 Å². The highest BCUT2D eigenvalue weighted by Crippen LogP contribution is 2.44. The molecule has 0 aromatic heterocycles. The van der Waals surface area contributed by atoms with Crippen molar-refractivity contribution in [2.45, 2.75) is 83.7 Å². The summed E-state index contributed by atoms with van der Waals surface area (Å²) >= 11 is 0. The van der Waals surface area contributed by atoms with Crippen LogP contribution in [-0.2, 0) is 12.8 Å². The first-order valence-corrected chi connectivity index (χ1v) is 13.8. The van der Waals surface area contributed by atoms with Crippen molar-refractivity contribution in [2.75, 3.05) is 33.2 Å². The van der Waals surface area contributed by atoms with Crippen LogP contribution in [0.5, 0.6) is 0 Å². The Hall–Kier alpha value is -1.64. The Bertz CT molecular complexity index is 932. The van der Waals surface area contributed by atoms with Gasteiger partial charge in [0.15, 0.2) is 6.17 Å². The fourth-order valence-electron chi connectivity index (χ4n) is 7.15. The summed E-state index contributed by atoms with van der Waals surface area (Å²) in [4.78, 5) is 2.79. The largest absolute Gasteiger partial charge is 0.306 e. The Morgan fingerprint density at radius 2 is 1.61 bits per heavy atom. The molecular weight excluding hydrogens is 400 g/mol. The minimum Gasteiger partial charge on any atom is -0.306 e. The Morgan fingerprint density at radius 1 is 0.879 bits per heavy atom. The number of fused-ring (bicyclic) bond motifs is 3. The van der Waals surface area contributed by atoms with Gasteiger partial charge in [-0.3, -0.25) is 0 Å². The van der Waals surface area contributed by atoms with Crippen LogP contribution < -0.4 is 0 Å². The maximum atomic E-state index is 2.79. The molecule has 2 heteroatoms. The minimum atomic E-state index is 0.551. The minimum absolute atomic E-state index is 0.551. The number of likely N-dealkylation sites (N-methyl/N-ethyl adjacent to an activating group) is 1. The molecule has 2 aromatic carbocycles. The lowest BCUT2D eigenvalue weighted by Gasteiger charge is -2.45. The van der Waals surface area contributed by atoms with E-state index in [-0.39, 0.29) is 0 Å². The Morgan fingerprint density at radius 3 is 2.39 bits per heavy atom. The maximum Gasteiger partial charge on any atom is 0.171 e. The molecule has 5 rings (SSSR count). The molecule has 2 bridgehead atoms. The van der Waals surface area contributed by atoms with E-state index in [9.17, 15) is 0 Å². The van der Waals surface area contributed by atoms with E-state index in [2.05, 4.69) is 68.3 Å². The first-order chi connectivity index (χ1) is 16.1. The fourth-order valence-corrected chi connectivity index (χ4v) is 7.15. The van der Waals surface area contributed by atoms with Crippen LogP contribution in [0.15, 0.2) is 42.5 Å². The zero-order valence-electron chi connectivity index (χ0n) is 21.4. The lowest BCUT2D eigenvalue weighted by Crippen LogP contribution is -2.53. The lowest BCUT2D eigenvalue weighted by atomic mass is 9.92. The predicted molar refractivity (Wildman–Crippen MR) is 139 cm³/mol. The molecule has 0 amide bonds. The summed E-state index contributed by atoms with van der Waals surface area (Å²) in [5.41, 5.74) is 7.78. The van der Waals surface area contributed by atoms with E-state index in [4.69, 9.17) is 0 Å². The zero-order chi connectivity index (χ0) is 22.8. The zero-order valence-corrected chi connectivity index (χ0v) is 21.4. The molecule has 2 saturated heterocycles. The van der Waals surface area contributed by atoms with Gasteiger partial charge in [0.25, 0.3) is 0 Å². The van der Waals surface area contributed by atoms with Crippen LogP contribution in [0, 0.1) is 12.8 Å². The summed E-state index contributed by atoms with van der Waals surface area (Å²) in [6, 6.07) is 16.9. The summed E-state index contributed by atoms with van der Waals surface area (Å²) in [5, 5.41) is 0. The molecule has 5 atom stereocenters. The smallest absolute Gasteiger partial charge is 0.171 e. The molecular formula is C31H45N2+. The highest BCUT2D eigenvalue weighted by molar-refractivity contribution is 5.37. The number of unbranched alkanes of at least 4 members (excludes halogenated alkanes) is 5. The third-order valence-corrected chi connectivity index (χ3v) is 8.99. The number of hydrogen-bond acceptors (Lipinski definition) is 1. The number of hydrogen-bond donors (Lipinski definition) is 0. The molecule has 2 aliphatic heterocycles. The monoisotopic (exact) mass is 445 g/mol. The van der Waals surface area contributed by atoms with Gasteiger partial charge in [0.2, 0.25) is 0 Å². The van der Waals surface area contributed by atoms with Crippen molar-refractivity contribution in [3.63, 3.8) is 0 Å². The molecule has 33 heavy (non-hydrogen) atoms. The SMILES string of the molecule is CCCCCCCCC1Cc2ccc(C3N4CC[N+]3(C)CC(c3ccc(C)cc3)C4)cc2C1. The van der Waals surface area contributed by atoms with Gasteiger partial charge in [0.1, 0.15) is 0 Å². The molecule has 5 unspecified atom stereocenters. The quantitative estimate of drug-likeness (QED) is 0.296. The highest BCUT2D eigenvalue weighted by Gasteiger charge is 2.50. The lowest BCUT2D eigenvalue weighted by molar-refractivity contribution is -0.938. The first-order valence-electron chi connectivity index (χ1n) is 13.8. The van der Waals surface area contributed by atoms with Gasteiger partial charge in [0, 0.05) is 18.0 Å². The number of benzene rings is 2. The van der Waals surface area contributed by atoms with Crippen molar-refractivity contribution < 1.29 is 4.48 Å². The van der Waals surface area contributed by atoms with Gasteiger partial charge in [-0.15, -0.1) is 0 Å². The molecule has 0 spiro atoms. The normalized spacial score (nSPS) is 30.5. The van der Waals surface area contributed by atoms with Crippen LogP contribution in [0.4, 0.5) is 0 Å². The van der Waals surface area contributed by atoms with Crippen molar-refractivity contribution in [3.8, 4) is 0 Å². The molecule has 2 heterocycles. The summed E-state index contributed by atoms with van der Waals surface area (Å²) in [7, 11) is 2.51. The summed E-state index contributed by atoms with van der Waals surface area (Å²) in [5.74, 6) is 1.55. The number of quaternary nitrogens is 1. The molecule has 0 radical (unpaired) electrons. The van der Waals surface area contributed by atoms with Gasteiger partial charge in [0.05, 0.1) is 26.7 Å². The maximum absolute atomic E-state index is 2.79. The van der Waals surface area contributed by atoms with Crippen LogP contribution in [0.2, 0.25) is 0 Å². The van der Waals surface area contributed by atoms with Gasteiger partial charge in [-0.25, -0.2) is 4.90 Å². The summed E-state index contributed by atoms with van der Waals surface area (Å²) < 4.78 is 1.18. The van der Waals surface area contributed by atoms with E-state index in [0.29, 0.717) is 12.1 Å². The van der Waals surface area contributed by atoms with E-state index in [1.807, 2.05) is 0 Å². The van der Waals surface area contributed by atoms with E-state index >= 15 is 0 Å². The Balaban J connectivity index is 1.22. The molecule has 0 N–H and O–H groups in total. The van der Waals surface area contributed by atoms with Gasteiger partial charge in [-0.2, -0.15) is 0 Å². The molecule has 2 aromatic rings. The van der Waals surface area contributed by atoms with E-state index in [0.717, 1.165) is 5.92 Å². The third kappa shape index (κ3) is 4.93. The van der Waals surface area contributed by atoms with Gasteiger partial charge >= 0.3 is 0 Å². The van der Waals surface area contributed by atoms with E-state index in [1.54, 1.807) is 16.7 Å². The average molecular weight is 446 g/mol. The first kappa shape index (κ1) is 23.1. The van der Waals surface area contributed by atoms with E-state index in [1.165, 1.54) is 99.6 Å². The summed E-state index contributed by atoms with van der Waals surface area (Å²) in [6.45, 7) is 9.49. The number of aryl methyl sites for hydroxylation is 1. The van der Waals surface area contributed by atoms with Crippen molar-refractivity contribution in [3.05, 3.63) is 70.3 Å². The highest BCUT2D eigenvalue weighted by atomic mass is 15.5. The Labute approximate surface area is 202 Å². The van der Waals surface area contributed by atoms with E-state index < -0.39 is 0 Å². The van der Waals surface area contributed by atoms with Gasteiger partial charge in [-0.1, -0.05) is 87.4 Å². The second kappa shape index (κ2) is 9.92. The Kier molecular flexibility index (Phi) is 6.95. The second-order valence-electron chi connectivity index (χ2n) is 11.7. The molecule has 1 aliphatic carbocycles. The summed E-state index contributed by atoms with van der Waals surface area (Å²) in [6.07, 6.45) is 13.1. The van der Waals surface area contributed by atoms with Crippen LogP contribution >= 0.6 is 0 Å². The molecule has 3 aliphatic rings. The fraction of sp³-hybridized carbons (Fsp3) is 0.613. The van der Waals surface area contributed by atoms with Crippen molar-refractivity contribution in [1.29, 1.82) is 0 Å². The van der Waals surface area contributed by atoms with Crippen molar-refractivity contribution >= 4 is 0 Å². The number of nitrogens with zero attached hydrogens (tertiary/aromatic N) is 2. The standard InChI is InChI=1S/C31H45N2/c1-4-5-6-7-8-9-10-25-19-27-15-16-28(21-29(27)20-25)31-32-17-18-33(31,3)23-30(22-32)26-13-11-24(2)12-14-26/h11-16,21,25,30-31H,4-10,17-20,22-23H2,1-3H3/q+1. The van der Waals surface area contributed by atoms with Crippen LogP contribution in [0.1, 0.15) is 91.8 Å².